The van der Waals surface area contributed by atoms with Gasteiger partial charge in [-0.1, -0.05) is 6.07 Å². The minimum atomic E-state index is 0. The summed E-state index contributed by atoms with van der Waals surface area (Å²) in [5.41, 5.74) is 1.13. The Balaban J connectivity index is 0.00000341. The first kappa shape index (κ1) is 26.1. The molecule has 0 radical (unpaired) electrons. The van der Waals surface area contributed by atoms with Crippen LogP contribution in [0.1, 0.15) is 31.7 Å². The topological polar surface area (TPSA) is 80.2 Å². The summed E-state index contributed by atoms with van der Waals surface area (Å²) in [7, 11) is 1.79. The maximum Gasteiger partial charge on any atom is 0.191 e. The minimum Gasteiger partial charge on any atom is -0.381 e. The van der Waals surface area contributed by atoms with Gasteiger partial charge in [-0.05, 0) is 43.7 Å². The van der Waals surface area contributed by atoms with Gasteiger partial charge in [0.15, 0.2) is 5.96 Å². The zero-order chi connectivity index (χ0) is 21.0. The lowest BCUT2D eigenvalue weighted by Crippen LogP contribution is -2.41. The second-order valence-electron chi connectivity index (χ2n) is 7.99. The Kier molecular flexibility index (Phi) is 12.5. The van der Waals surface area contributed by atoms with Crippen LogP contribution in [0.5, 0.6) is 0 Å². The molecule has 1 aromatic heterocycles. The summed E-state index contributed by atoms with van der Waals surface area (Å²) in [6, 6.07) is 4.20. The number of halogens is 1. The van der Waals surface area contributed by atoms with Crippen molar-refractivity contribution in [1.29, 1.82) is 0 Å². The Hall–Kier alpha value is -1.17. The van der Waals surface area contributed by atoms with E-state index in [4.69, 9.17) is 14.2 Å². The lowest BCUT2D eigenvalue weighted by Gasteiger charge is -2.32. The molecule has 1 aromatic rings. The molecule has 0 aliphatic carbocycles. The average Bonchev–Trinajstić information content (AvgIpc) is 2.79. The van der Waals surface area contributed by atoms with Crippen molar-refractivity contribution < 1.29 is 14.2 Å². The van der Waals surface area contributed by atoms with Crippen LogP contribution in [0.15, 0.2) is 23.3 Å². The van der Waals surface area contributed by atoms with E-state index in [1.807, 2.05) is 6.20 Å². The van der Waals surface area contributed by atoms with Crippen molar-refractivity contribution in [3.63, 3.8) is 0 Å². The van der Waals surface area contributed by atoms with Gasteiger partial charge in [-0.15, -0.1) is 24.0 Å². The van der Waals surface area contributed by atoms with Crippen molar-refractivity contribution in [1.82, 2.24) is 15.6 Å². The quantitative estimate of drug-likeness (QED) is 0.213. The van der Waals surface area contributed by atoms with Crippen molar-refractivity contribution in [2.24, 2.45) is 10.9 Å². The van der Waals surface area contributed by atoms with Crippen LogP contribution in [-0.2, 0) is 20.8 Å². The molecule has 31 heavy (non-hydrogen) atoms. The first-order chi connectivity index (χ1) is 14.7. The predicted molar refractivity (Wildman–Crippen MR) is 134 cm³/mol. The van der Waals surface area contributed by atoms with Crippen molar-refractivity contribution in [2.45, 2.75) is 38.8 Å². The molecule has 2 fully saturated rings. The average molecular weight is 547 g/mol. The van der Waals surface area contributed by atoms with E-state index in [1.54, 1.807) is 7.05 Å². The highest BCUT2D eigenvalue weighted by Gasteiger charge is 2.17. The van der Waals surface area contributed by atoms with Crippen LogP contribution < -0.4 is 15.5 Å². The number of hydrogen-bond acceptors (Lipinski definition) is 6. The monoisotopic (exact) mass is 547 g/mol. The maximum absolute atomic E-state index is 5.81. The molecule has 9 heteroatoms. The van der Waals surface area contributed by atoms with E-state index in [9.17, 15) is 0 Å². The van der Waals surface area contributed by atoms with Gasteiger partial charge >= 0.3 is 0 Å². The lowest BCUT2D eigenvalue weighted by atomic mass is 10.0. The van der Waals surface area contributed by atoms with Gasteiger partial charge in [0, 0.05) is 65.9 Å². The highest BCUT2D eigenvalue weighted by Crippen LogP contribution is 2.16. The number of anilines is 1. The van der Waals surface area contributed by atoms with Crippen molar-refractivity contribution >= 4 is 35.8 Å². The first-order valence-corrected chi connectivity index (χ1v) is 11.2. The third-order valence-corrected chi connectivity index (χ3v) is 5.51. The van der Waals surface area contributed by atoms with Crippen molar-refractivity contribution in [3.8, 4) is 0 Å². The fraction of sp³-hybridized carbons (Fsp3) is 0.727. The molecule has 2 aliphatic heterocycles. The number of nitrogens with zero attached hydrogens (tertiary/aromatic N) is 3. The molecule has 2 aliphatic rings. The molecule has 0 amide bonds. The largest absolute Gasteiger partial charge is 0.381 e. The predicted octanol–water partition coefficient (Wildman–Crippen LogP) is 2.42. The molecule has 1 atom stereocenters. The Morgan fingerprint density at radius 2 is 2.10 bits per heavy atom. The number of nitrogens with one attached hydrogen (secondary N) is 2. The van der Waals surface area contributed by atoms with E-state index >= 15 is 0 Å². The molecule has 0 aromatic carbocycles. The van der Waals surface area contributed by atoms with Gasteiger partial charge in [-0.3, -0.25) is 4.99 Å². The van der Waals surface area contributed by atoms with Gasteiger partial charge in [0.1, 0.15) is 5.82 Å². The van der Waals surface area contributed by atoms with Crippen LogP contribution in [0.25, 0.3) is 0 Å². The number of guanidine groups is 1. The summed E-state index contributed by atoms with van der Waals surface area (Å²) in [5, 5.41) is 6.69. The highest BCUT2D eigenvalue weighted by molar-refractivity contribution is 14.0. The smallest absolute Gasteiger partial charge is 0.191 e. The number of aliphatic imine (C=N–C) groups is 1. The van der Waals surface area contributed by atoms with Gasteiger partial charge in [0.05, 0.1) is 12.7 Å². The Morgan fingerprint density at radius 1 is 1.26 bits per heavy atom. The third-order valence-electron chi connectivity index (χ3n) is 5.51. The van der Waals surface area contributed by atoms with Crippen LogP contribution in [0.3, 0.4) is 0 Å². The Bertz CT molecular complexity index is 641. The molecule has 0 saturated carbocycles. The fourth-order valence-electron chi connectivity index (χ4n) is 3.69. The summed E-state index contributed by atoms with van der Waals surface area (Å²) in [6.45, 7) is 9.53. The second kappa shape index (κ2) is 14.8. The van der Waals surface area contributed by atoms with E-state index in [0.717, 1.165) is 89.3 Å². The van der Waals surface area contributed by atoms with E-state index in [0.29, 0.717) is 12.5 Å². The number of hydrogen-bond donors (Lipinski definition) is 2. The van der Waals surface area contributed by atoms with Crippen LogP contribution in [0, 0.1) is 5.92 Å². The fourth-order valence-corrected chi connectivity index (χ4v) is 3.69. The van der Waals surface area contributed by atoms with Gasteiger partial charge in [-0.25, -0.2) is 4.98 Å². The molecule has 2 N–H and O–H groups in total. The van der Waals surface area contributed by atoms with E-state index in [1.165, 1.54) is 0 Å². The van der Waals surface area contributed by atoms with E-state index in [-0.39, 0.29) is 30.1 Å². The van der Waals surface area contributed by atoms with Gasteiger partial charge < -0.3 is 29.7 Å². The summed E-state index contributed by atoms with van der Waals surface area (Å²) < 4.78 is 16.8. The highest BCUT2D eigenvalue weighted by atomic mass is 127. The first-order valence-electron chi connectivity index (χ1n) is 11.2. The Morgan fingerprint density at radius 3 is 2.81 bits per heavy atom. The second-order valence-corrected chi connectivity index (χ2v) is 7.99. The summed E-state index contributed by atoms with van der Waals surface area (Å²) in [4.78, 5) is 11.2. The number of morpholine rings is 1. The number of rotatable bonds is 9. The molecule has 0 spiro atoms. The molecule has 3 heterocycles. The number of pyridine rings is 1. The van der Waals surface area contributed by atoms with Gasteiger partial charge in [0.2, 0.25) is 0 Å². The summed E-state index contributed by atoms with van der Waals surface area (Å²) >= 11 is 0. The van der Waals surface area contributed by atoms with Gasteiger partial charge in [0.25, 0.3) is 0 Å². The molecular formula is C22H38IN5O3. The van der Waals surface area contributed by atoms with E-state index in [2.05, 4.69) is 44.6 Å². The molecule has 2 saturated heterocycles. The Labute approximate surface area is 203 Å². The zero-order valence-electron chi connectivity index (χ0n) is 18.8. The molecule has 176 valence electrons. The molecule has 8 nitrogen and oxygen atoms in total. The molecule has 3 rings (SSSR count). The molecule has 1 unspecified atom stereocenters. The molecule has 0 bridgehead atoms. The third kappa shape index (κ3) is 9.46. The normalized spacial score (nSPS) is 20.3. The van der Waals surface area contributed by atoms with Crippen molar-refractivity contribution in [2.75, 3.05) is 64.6 Å². The maximum atomic E-state index is 5.81. The molecular weight excluding hydrogens is 509 g/mol. The summed E-state index contributed by atoms with van der Waals surface area (Å²) in [6.07, 6.45) is 5.38. The SMILES string of the molecule is CN=C(NCCCOCC1CCOCC1)NCc1ccc(N2CCOC(C)C2)nc1.I. The van der Waals surface area contributed by atoms with Crippen molar-refractivity contribution in [3.05, 3.63) is 23.9 Å². The van der Waals surface area contributed by atoms with Crippen LogP contribution in [0.2, 0.25) is 0 Å². The van der Waals surface area contributed by atoms with Crippen LogP contribution in [0.4, 0.5) is 5.82 Å². The number of ether oxygens (including phenoxy) is 3. The standard InChI is InChI=1S/C22H37N5O3.HI/c1-18-16-27(9-13-30-18)21-5-4-20(14-25-21)15-26-22(23-2)24-8-3-10-29-17-19-6-11-28-12-7-19;/h4-5,14,18-19H,3,6-13,15-17H2,1-2H3,(H2,23,24,26);1H. The van der Waals surface area contributed by atoms with E-state index < -0.39 is 0 Å². The van der Waals surface area contributed by atoms with Crippen LogP contribution >= 0.6 is 24.0 Å². The van der Waals surface area contributed by atoms with Crippen LogP contribution in [-0.4, -0.2) is 76.8 Å². The number of aromatic nitrogens is 1. The van der Waals surface area contributed by atoms with Gasteiger partial charge in [-0.2, -0.15) is 0 Å². The lowest BCUT2D eigenvalue weighted by molar-refractivity contribution is 0.0203. The minimum absolute atomic E-state index is 0. The zero-order valence-corrected chi connectivity index (χ0v) is 21.2. The summed E-state index contributed by atoms with van der Waals surface area (Å²) in [5.74, 6) is 2.47.